The number of aromatic nitrogens is 2. The van der Waals surface area contributed by atoms with Crippen LogP contribution in [-0.4, -0.2) is 65.2 Å². The molecule has 1 aromatic heterocycles. The predicted molar refractivity (Wildman–Crippen MR) is 128 cm³/mol. The summed E-state index contributed by atoms with van der Waals surface area (Å²) in [5.74, 6) is 1.84. The van der Waals surface area contributed by atoms with Crippen LogP contribution in [0.1, 0.15) is 19.3 Å². The van der Waals surface area contributed by atoms with Gasteiger partial charge in [-0.25, -0.2) is 4.98 Å². The number of thioether (sulfide) groups is 1. The van der Waals surface area contributed by atoms with Crippen molar-refractivity contribution < 1.29 is 9.59 Å². The molecular weight excluding hydrogens is 422 g/mol. The third-order valence-corrected chi connectivity index (χ3v) is 7.15. The van der Waals surface area contributed by atoms with E-state index < -0.39 is 0 Å². The molecule has 0 bridgehead atoms. The molecule has 8 heteroatoms. The number of nitrogens with one attached hydrogen (secondary N) is 1. The smallest absolute Gasteiger partial charge is 0.227 e. The molecule has 2 aromatic carbocycles. The maximum absolute atomic E-state index is 12.9. The molecule has 2 amide bonds. The monoisotopic (exact) mass is 449 g/mol. The van der Waals surface area contributed by atoms with Crippen molar-refractivity contribution in [1.82, 2.24) is 14.9 Å². The van der Waals surface area contributed by atoms with Gasteiger partial charge in [0.2, 0.25) is 17.8 Å². The Kier molecular flexibility index (Phi) is 6.03. The van der Waals surface area contributed by atoms with Gasteiger partial charge < -0.3 is 19.7 Å². The van der Waals surface area contributed by atoms with E-state index in [0.29, 0.717) is 19.6 Å². The molecule has 7 nitrogen and oxygen atoms in total. The summed E-state index contributed by atoms with van der Waals surface area (Å²) in [6, 6.07) is 16.0. The lowest BCUT2D eigenvalue weighted by Gasteiger charge is -2.29. The van der Waals surface area contributed by atoms with Crippen LogP contribution in [0.5, 0.6) is 0 Å². The van der Waals surface area contributed by atoms with Gasteiger partial charge in [-0.2, -0.15) is 0 Å². The molecule has 3 heterocycles. The van der Waals surface area contributed by atoms with Crippen molar-refractivity contribution in [3.05, 3.63) is 48.5 Å². The van der Waals surface area contributed by atoms with Crippen molar-refractivity contribution in [3.63, 3.8) is 0 Å². The molecule has 166 valence electrons. The maximum Gasteiger partial charge on any atom is 0.227 e. The van der Waals surface area contributed by atoms with Gasteiger partial charge >= 0.3 is 0 Å². The zero-order valence-corrected chi connectivity index (χ0v) is 18.8. The molecule has 0 saturated carbocycles. The standard InChI is InChI=1S/C24H27N5O2S/c30-22(10-11-23(31)29-16-17-32-21-9-4-3-8-20(21)29)27-12-5-13-28(15-14-27)24-25-18-6-1-2-7-19(18)26-24/h1-4,6-9H,5,10-17H2,(H,25,26). The van der Waals surface area contributed by atoms with Gasteiger partial charge in [0.25, 0.3) is 0 Å². The highest BCUT2D eigenvalue weighted by molar-refractivity contribution is 7.99. The first-order valence-corrected chi connectivity index (χ1v) is 12.2. The van der Waals surface area contributed by atoms with Gasteiger partial charge in [0.15, 0.2) is 0 Å². The van der Waals surface area contributed by atoms with Gasteiger partial charge in [-0.05, 0) is 30.7 Å². The van der Waals surface area contributed by atoms with Gasteiger partial charge in [0.1, 0.15) is 0 Å². The number of benzene rings is 2. The highest BCUT2D eigenvalue weighted by Crippen LogP contribution is 2.34. The molecule has 1 saturated heterocycles. The lowest BCUT2D eigenvalue weighted by molar-refractivity contribution is -0.133. The van der Waals surface area contributed by atoms with Crippen LogP contribution in [0.3, 0.4) is 0 Å². The number of nitrogens with zero attached hydrogens (tertiary/aromatic N) is 4. The van der Waals surface area contributed by atoms with Gasteiger partial charge in [-0.1, -0.05) is 24.3 Å². The van der Waals surface area contributed by atoms with Crippen LogP contribution in [0.15, 0.2) is 53.4 Å². The minimum Gasteiger partial charge on any atom is -0.341 e. The largest absolute Gasteiger partial charge is 0.341 e. The average Bonchev–Trinajstić information content (AvgIpc) is 3.11. The summed E-state index contributed by atoms with van der Waals surface area (Å²) < 4.78 is 0. The summed E-state index contributed by atoms with van der Waals surface area (Å²) in [5, 5.41) is 0. The second kappa shape index (κ2) is 9.24. The molecule has 1 fully saturated rings. The molecule has 0 atom stereocenters. The van der Waals surface area contributed by atoms with Gasteiger partial charge in [-0.3, -0.25) is 9.59 Å². The van der Waals surface area contributed by atoms with Crippen molar-refractivity contribution in [2.45, 2.75) is 24.2 Å². The van der Waals surface area contributed by atoms with E-state index in [2.05, 4.69) is 16.0 Å². The second-order valence-electron chi connectivity index (χ2n) is 8.16. The molecular formula is C24H27N5O2S. The van der Waals surface area contributed by atoms with E-state index in [0.717, 1.165) is 52.8 Å². The average molecular weight is 450 g/mol. The zero-order chi connectivity index (χ0) is 21.9. The zero-order valence-electron chi connectivity index (χ0n) is 18.0. The lowest BCUT2D eigenvalue weighted by Crippen LogP contribution is -2.38. The Morgan fingerprint density at radius 2 is 1.72 bits per heavy atom. The fraction of sp³-hybridized carbons (Fsp3) is 0.375. The minimum absolute atomic E-state index is 0.0322. The van der Waals surface area contributed by atoms with E-state index in [-0.39, 0.29) is 24.7 Å². The summed E-state index contributed by atoms with van der Waals surface area (Å²) in [6.07, 6.45) is 1.39. The van der Waals surface area contributed by atoms with Crippen LogP contribution in [0, 0.1) is 0 Å². The molecule has 32 heavy (non-hydrogen) atoms. The summed E-state index contributed by atoms with van der Waals surface area (Å²) in [7, 11) is 0. The quantitative estimate of drug-likeness (QED) is 0.660. The molecule has 2 aliphatic rings. The van der Waals surface area contributed by atoms with Gasteiger partial charge in [0, 0.05) is 56.2 Å². The van der Waals surface area contributed by atoms with Gasteiger partial charge in [-0.15, -0.1) is 11.8 Å². The molecule has 0 radical (unpaired) electrons. The third-order valence-electron chi connectivity index (χ3n) is 6.11. The van der Waals surface area contributed by atoms with E-state index in [4.69, 9.17) is 4.98 Å². The Balaban J connectivity index is 1.16. The first-order chi connectivity index (χ1) is 15.7. The minimum atomic E-state index is 0.0322. The Morgan fingerprint density at radius 1 is 0.906 bits per heavy atom. The lowest BCUT2D eigenvalue weighted by atomic mass is 10.2. The van der Waals surface area contributed by atoms with Crippen LogP contribution >= 0.6 is 11.8 Å². The van der Waals surface area contributed by atoms with Gasteiger partial charge in [0.05, 0.1) is 16.7 Å². The van der Waals surface area contributed by atoms with E-state index in [1.165, 1.54) is 0 Å². The Hall–Kier alpha value is -3.00. The fourth-order valence-electron chi connectivity index (χ4n) is 4.40. The number of carbonyl (C=O) groups is 2. The number of anilines is 2. The molecule has 1 N–H and O–H groups in total. The predicted octanol–water partition coefficient (Wildman–Crippen LogP) is 3.52. The highest BCUT2D eigenvalue weighted by Gasteiger charge is 2.25. The van der Waals surface area contributed by atoms with Crippen LogP contribution in [0.25, 0.3) is 11.0 Å². The van der Waals surface area contributed by atoms with E-state index in [9.17, 15) is 9.59 Å². The van der Waals surface area contributed by atoms with Crippen LogP contribution < -0.4 is 9.80 Å². The number of imidazole rings is 1. The van der Waals surface area contributed by atoms with Crippen LogP contribution in [0.4, 0.5) is 11.6 Å². The number of hydrogen-bond donors (Lipinski definition) is 1. The molecule has 0 unspecified atom stereocenters. The summed E-state index contributed by atoms with van der Waals surface area (Å²) >= 11 is 1.78. The van der Waals surface area contributed by atoms with Crippen LogP contribution in [0.2, 0.25) is 0 Å². The normalized spacial score (nSPS) is 16.7. The third kappa shape index (κ3) is 4.32. The maximum atomic E-state index is 12.9. The van der Waals surface area contributed by atoms with Crippen molar-refractivity contribution in [2.75, 3.05) is 48.3 Å². The molecule has 2 aliphatic heterocycles. The Bertz CT molecular complexity index is 1100. The van der Waals surface area contributed by atoms with Crippen molar-refractivity contribution in [2.24, 2.45) is 0 Å². The number of amides is 2. The number of aromatic amines is 1. The van der Waals surface area contributed by atoms with E-state index >= 15 is 0 Å². The first kappa shape index (κ1) is 20.9. The molecule has 0 aliphatic carbocycles. The fourth-order valence-corrected chi connectivity index (χ4v) is 5.40. The summed E-state index contributed by atoms with van der Waals surface area (Å²) in [4.78, 5) is 40.9. The van der Waals surface area contributed by atoms with Crippen molar-refractivity contribution in [3.8, 4) is 0 Å². The number of rotatable bonds is 4. The van der Waals surface area contributed by atoms with Crippen LogP contribution in [-0.2, 0) is 9.59 Å². The Labute approximate surface area is 191 Å². The highest BCUT2D eigenvalue weighted by atomic mass is 32.2. The Morgan fingerprint density at radius 3 is 2.62 bits per heavy atom. The summed E-state index contributed by atoms with van der Waals surface area (Å²) in [5.41, 5.74) is 2.95. The van der Waals surface area contributed by atoms with E-state index in [1.54, 1.807) is 11.8 Å². The SMILES string of the molecule is O=C(CCC(=O)N1CCSc2ccccc21)N1CCCN(c2nc3ccccc3[nH]2)CC1. The second-order valence-corrected chi connectivity index (χ2v) is 9.30. The summed E-state index contributed by atoms with van der Waals surface area (Å²) in [6.45, 7) is 3.64. The van der Waals surface area contributed by atoms with Crippen molar-refractivity contribution >= 4 is 46.2 Å². The number of fused-ring (bicyclic) bond motifs is 2. The number of hydrogen-bond acceptors (Lipinski definition) is 5. The van der Waals surface area contributed by atoms with Crippen molar-refractivity contribution in [1.29, 1.82) is 0 Å². The molecule has 5 rings (SSSR count). The topological polar surface area (TPSA) is 72.5 Å². The molecule has 3 aromatic rings. The number of para-hydroxylation sites is 3. The first-order valence-electron chi connectivity index (χ1n) is 11.2. The molecule has 0 spiro atoms. The number of H-pyrrole nitrogens is 1. The number of carbonyl (C=O) groups excluding carboxylic acids is 2. The van der Waals surface area contributed by atoms with E-state index in [1.807, 2.05) is 52.3 Å².